The number of carbonyl (C=O) groups is 2. The van der Waals surface area contributed by atoms with Crippen LogP contribution in [0.3, 0.4) is 0 Å². The predicted octanol–water partition coefficient (Wildman–Crippen LogP) is 2.89. The van der Waals surface area contributed by atoms with Gasteiger partial charge < -0.3 is 15.2 Å². The van der Waals surface area contributed by atoms with Crippen LogP contribution < -0.4 is 10.1 Å². The second kappa shape index (κ2) is 8.16. The zero-order valence-electron chi connectivity index (χ0n) is 14.5. The van der Waals surface area contributed by atoms with E-state index in [0.717, 1.165) is 11.6 Å². The molecule has 1 aliphatic rings. The van der Waals surface area contributed by atoms with Crippen molar-refractivity contribution in [2.24, 2.45) is 5.92 Å². The summed E-state index contributed by atoms with van der Waals surface area (Å²) in [7, 11) is 0. The zero-order chi connectivity index (χ0) is 19.4. The first-order valence-electron chi connectivity index (χ1n) is 8.60. The molecular weight excluding hydrogens is 356 g/mol. The van der Waals surface area contributed by atoms with Crippen molar-refractivity contribution in [2.45, 2.75) is 18.8 Å². The van der Waals surface area contributed by atoms with Crippen LogP contribution in [0.1, 0.15) is 23.5 Å². The minimum absolute atomic E-state index is 0.134. The molecule has 0 aromatic heterocycles. The van der Waals surface area contributed by atoms with Crippen LogP contribution in [0.2, 0.25) is 0 Å². The van der Waals surface area contributed by atoms with Crippen LogP contribution in [-0.4, -0.2) is 30.1 Å². The summed E-state index contributed by atoms with van der Waals surface area (Å²) in [6.45, 7) is 0.0376. The zero-order valence-corrected chi connectivity index (χ0v) is 14.5. The molecule has 1 aliphatic carbocycles. The van der Waals surface area contributed by atoms with Crippen molar-refractivity contribution in [3.63, 3.8) is 0 Å². The lowest BCUT2D eigenvalue weighted by atomic mass is 10.1. The Morgan fingerprint density at radius 3 is 2.56 bits per heavy atom. The number of ether oxygens (including phenoxy) is 1. The van der Waals surface area contributed by atoms with E-state index in [4.69, 9.17) is 9.84 Å². The number of benzene rings is 2. The van der Waals surface area contributed by atoms with Crippen molar-refractivity contribution >= 4 is 11.9 Å². The molecule has 0 bridgehead atoms. The van der Waals surface area contributed by atoms with Crippen LogP contribution in [-0.2, 0) is 16.0 Å². The number of halogens is 2. The molecule has 3 rings (SSSR count). The number of hydrogen-bond donors (Lipinski definition) is 2. The molecule has 2 unspecified atom stereocenters. The van der Waals surface area contributed by atoms with Crippen molar-refractivity contribution in [2.75, 3.05) is 13.2 Å². The van der Waals surface area contributed by atoms with Crippen LogP contribution in [0.15, 0.2) is 42.5 Å². The highest BCUT2D eigenvalue weighted by Crippen LogP contribution is 2.48. The molecule has 2 N–H and O–H groups in total. The summed E-state index contributed by atoms with van der Waals surface area (Å²) in [6, 6.07) is 10.4. The Morgan fingerprint density at radius 2 is 1.89 bits per heavy atom. The first-order chi connectivity index (χ1) is 12.9. The molecule has 0 aliphatic heterocycles. The lowest BCUT2D eigenvalue weighted by Crippen LogP contribution is -2.27. The van der Waals surface area contributed by atoms with Gasteiger partial charge in [0.25, 0.3) is 0 Å². The van der Waals surface area contributed by atoms with Crippen molar-refractivity contribution in [3.05, 3.63) is 65.2 Å². The van der Waals surface area contributed by atoms with Crippen LogP contribution in [0.4, 0.5) is 8.78 Å². The van der Waals surface area contributed by atoms with Crippen molar-refractivity contribution in [1.82, 2.24) is 5.32 Å². The van der Waals surface area contributed by atoms with Gasteiger partial charge >= 0.3 is 5.97 Å². The fourth-order valence-electron chi connectivity index (χ4n) is 2.99. The largest absolute Gasteiger partial charge is 0.482 e. The maximum absolute atomic E-state index is 13.8. The van der Waals surface area contributed by atoms with Gasteiger partial charge in [-0.15, -0.1) is 0 Å². The van der Waals surface area contributed by atoms with Gasteiger partial charge in [0.2, 0.25) is 5.91 Å². The number of rotatable bonds is 8. The molecule has 2 aromatic carbocycles. The van der Waals surface area contributed by atoms with E-state index in [1.165, 1.54) is 12.1 Å². The molecule has 0 saturated heterocycles. The Labute approximate surface area is 155 Å². The van der Waals surface area contributed by atoms with Crippen LogP contribution in [0, 0.1) is 17.6 Å². The minimum Gasteiger partial charge on any atom is -0.482 e. The van der Waals surface area contributed by atoms with E-state index in [0.29, 0.717) is 30.7 Å². The Morgan fingerprint density at radius 1 is 1.15 bits per heavy atom. The average Bonchev–Trinajstić information content (AvgIpc) is 3.41. The van der Waals surface area contributed by atoms with E-state index in [9.17, 15) is 18.4 Å². The van der Waals surface area contributed by atoms with Crippen molar-refractivity contribution in [1.29, 1.82) is 0 Å². The summed E-state index contributed by atoms with van der Waals surface area (Å²) in [5.74, 6) is -2.43. The summed E-state index contributed by atoms with van der Waals surface area (Å²) in [5.41, 5.74) is 1.35. The summed E-state index contributed by atoms with van der Waals surface area (Å²) in [6.07, 6.45) is 1.16. The van der Waals surface area contributed by atoms with Gasteiger partial charge in [-0.25, -0.2) is 13.6 Å². The summed E-state index contributed by atoms with van der Waals surface area (Å²) in [4.78, 5) is 22.6. The monoisotopic (exact) mass is 375 g/mol. The normalized spacial score (nSPS) is 18.0. The molecule has 5 nitrogen and oxygen atoms in total. The van der Waals surface area contributed by atoms with E-state index in [1.807, 2.05) is 0 Å². The molecule has 27 heavy (non-hydrogen) atoms. The summed E-state index contributed by atoms with van der Waals surface area (Å²) >= 11 is 0. The summed E-state index contributed by atoms with van der Waals surface area (Å²) in [5, 5.41) is 11.4. The molecule has 2 aromatic rings. The van der Waals surface area contributed by atoms with E-state index in [2.05, 4.69) is 5.32 Å². The van der Waals surface area contributed by atoms with Gasteiger partial charge in [-0.3, -0.25) is 4.79 Å². The third-order valence-electron chi connectivity index (χ3n) is 4.49. The van der Waals surface area contributed by atoms with Crippen molar-refractivity contribution < 1.29 is 28.2 Å². The van der Waals surface area contributed by atoms with Gasteiger partial charge in [0.15, 0.2) is 6.61 Å². The standard InChI is InChI=1S/C20H19F2NO4/c21-13-3-6-15(18(22)9-13)16-10-17(16)20(26)23-8-7-12-1-4-14(5-2-12)27-11-19(24)25/h1-6,9,16-17H,7-8,10-11H2,(H,23,26)(H,24,25). The number of aliphatic carboxylic acids is 1. The fourth-order valence-corrected chi connectivity index (χ4v) is 2.99. The second-order valence-electron chi connectivity index (χ2n) is 6.48. The van der Waals surface area contributed by atoms with E-state index in [-0.39, 0.29) is 17.7 Å². The van der Waals surface area contributed by atoms with Gasteiger partial charge in [0, 0.05) is 18.5 Å². The minimum atomic E-state index is -1.04. The maximum Gasteiger partial charge on any atom is 0.341 e. The highest BCUT2D eigenvalue weighted by molar-refractivity contribution is 5.82. The van der Waals surface area contributed by atoms with E-state index >= 15 is 0 Å². The SMILES string of the molecule is O=C(O)COc1ccc(CCNC(=O)C2CC2c2ccc(F)cc2F)cc1. The molecule has 0 radical (unpaired) electrons. The third-order valence-corrected chi connectivity index (χ3v) is 4.49. The lowest BCUT2D eigenvalue weighted by Gasteiger charge is -2.07. The number of hydrogen-bond acceptors (Lipinski definition) is 3. The number of carboxylic acid groups (broad SMARTS) is 1. The number of carbonyl (C=O) groups excluding carboxylic acids is 1. The quantitative estimate of drug-likeness (QED) is 0.744. The van der Waals surface area contributed by atoms with Gasteiger partial charge in [-0.1, -0.05) is 18.2 Å². The molecular formula is C20H19F2NO4. The molecule has 0 spiro atoms. The van der Waals surface area contributed by atoms with Crippen LogP contribution >= 0.6 is 0 Å². The van der Waals surface area contributed by atoms with Crippen LogP contribution in [0.5, 0.6) is 5.75 Å². The Hall–Kier alpha value is -2.96. The average molecular weight is 375 g/mol. The lowest BCUT2D eigenvalue weighted by molar-refractivity contribution is -0.139. The molecule has 7 heteroatoms. The molecule has 142 valence electrons. The van der Waals surface area contributed by atoms with Gasteiger partial charge in [-0.05, 0) is 48.1 Å². The molecule has 1 saturated carbocycles. The molecule has 1 amide bonds. The Kier molecular flexibility index (Phi) is 5.69. The van der Waals surface area contributed by atoms with Gasteiger partial charge in [0.05, 0.1) is 0 Å². The van der Waals surface area contributed by atoms with Gasteiger partial charge in [-0.2, -0.15) is 0 Å². The highest BCUT2D eigenvalue weighted by Gasteiger charge is 2.45. The molecule has 2 atom stereocenters. The molecule has 0 heterocycles. The van der Waals surface area contributed by atoms with Gasteiger partial charge in [0.1, 0.15) is 17.4 Å². The maximum atomic E-state index is 13.8. The van der Waals surface area contributed by atoms with Crippen LogP contribution in [0.25, 0.3) is 0 Å². The third kappa shape index (κ3) is 5.03. The first kappa shape index (κ1) is 18.8. The smallest absolute Gasteiger partial charge is 0.341 e. The number of carboxylic acids is 1. The molecule has 1 fully saturated rings. The van der Waals surface area contributed by atoms with E-state index < -0.39 is 24.2 Å². The van der Waals surface area contributed by atoms with E-state index in [1.54, 1.807) is 24.3 Å². The highest BCUT2D eigenvalue weighted by atomic mass is 19.1. The first-order valence-corrected chi connectivity index (χ1v) is 8.60. The fraction of sp³-hybridized carbons (Fsp3) is 0.300. The Bertz CT molecular complexity index is 838. The summed E-state index contributed by atoms with van der Waals surface area (Å²) < 4.78 is 31.8. The topological polar surface area (TPSA) is 75.6 Å². The Balaban J connectivity index is 1.43. The number of nitrogens with one attached hydrogen (secondary N) is 1. The second-order valence-corrected chi connectivity index (χ2v) is 6.48. The van der Waals surface area contributed by atoms with Crippen molar-refractivity contribution in [3.8, 4) is 5.75 Å². The number of amides is 1. The predicted molar refractivity (Wildman–Crippen MR) is 93.5 cm³/mol.